The largest absolute Gasteiger partial charge is 0.483 e. The molecule has 1 fully saturated rings. The summed E-state index contributed by atoms with van der Waals surface area (Å²) in [6.07, 6.45) is 17.3. The van der Waals surface area contributed by atoms with E-state index in [-0.39, 0.29) is 12.5 Å². The highest BCUT2D eigenvalue weighted by atomic mass is 16.3. The molecule has 4 heterocycles. The van der Waals surface area contributed by atoms with E-state index < -0.39 is 0 Å². The molecule has 1 atom stereocenters. The maximum Gasteiger partial charge on any atom is 0.290 e. The Balaban J connectivity index is 0.000000687. The number of carbonyl (C=O) groups is 1. The van der Waals surface area contributed by atoms with Crippen LogP contribution in [-0.4, -0.2) is 47.5 Å². The second-order valence-corrected chi connectivity index (χ2v) is 7.87. The third-order valence-corrected chi connectivity index (χ3v) is 6.10. The van der Waals surface area contributed by atoms with Crippen LogP contribution in [-0.2, 0) is 17.8 Å². The van der Waals surface area contributed by atoms with Crippen LogP contribution in [0.1, 0.15) is 66.8 Å². The molecule has 1 aliphatic heterocycles. The number of aromatic amines is 1. The predicted octanol–water partition coefficient (Wildman–Crippen LogP) is 3.35. The van der Waals surface area contributed by atoms with Crippen LogP contribution in [0, 0.1) is 0 Å². The highest BCUT2D eigenvalue weighted by Crippen LogP contribution is 2.35. The first-order chi connectivity index (χ1) is 14.8. The molecule has 8 heteroatoms. The number of pyridine rings is 1. The number of fused-ring (bicyclic) bond motifs is 1. The Hall–Kier alpha value is -3.00. The van der Waals surface area contributed by atoms with Gasteiger partial charge in [0.25, 0.3) is 6.47 Å². The first-order valence-corrected chi connectivity index (χ1v) is 10.6. The maximum atomic E-state index is 8.36. The summed E-state index contributed by atoms with van der Waals surface area (Å²) in [5.41, 5.74) is 4.91. The third kappa shape index (κ3) is 4.28. The fourth-order valence-electron chi connectivity index (χ4n) is 4.75. The van der Waals surface area contributed by atoms with E-state index in [0.29, 0.717) is 6.04 Å². The van der Waals surface area contributed by atoms with Crippen LogP contribution in [0.4, 0.5) is 0 Å². The highest BCUT2D eigenvalue weighted by molar-refractivity contribution is 5.32. The van der Waals surface area contributed by atoms with E-state index in [1.54, 1.807) is 0 Å². The van der Waals surface area contributed by atoms with Crippen molar-refractivity contribution in [1.29, 1.82) is 0 Å². The maximum absolute atomic E-state index is 8.36. The molecule has 3 aromatic heterocycles. The fourth-order valence-corrected chi connectivity index (χ4v) is 4.75. The average Bonchev–Trinajstić information content (AvgIpc) is 3.45. The first-order valence-electron chi connectivity index (χ1n) is 10.6. The summed E-state index contributed by atoms with van der Waals surface area (Å²) < 4.78 is 2.43. The molecular weight excluding hydrogens is 380 g/mol. The van der Waals surface area contributed by atoms with Gasteiger partial charge in [0, 0.05) is 49.8 Å². The Bertz CT molecular complexity index is 932. The van der Waals surface area contributed by atoms with Crippen molar-refractivity contribution >= 4 is 6.47 Å². The van der Waals surface area contributed by atoms with Gasteiger partial charge >= 0.3 is 0 Å². The van der Waals surface area contributed by atoms with Gasteiger partial charge in [-0.05, 0) is 24.5 Å². The van der Waals surface area contributed by atoms with Crippen LogP contribution in [0.3, 0.4) is 0 Å². The van der Waals surface area contributed by atoms with Crippen molar-refractivity contribution in [1.82, 2.24) is 29.4 Å². The Morgan fingerprint density at radius 2 is 2.03 bits per heavy atom. The molecule has 158 valence electrons. The molecule has 8 nitrogen and oxygen atoms in total. The Morgan fingerprint density at radius 1 is 1.20 bits per heavy atom. The summed E-state index contributed by atoms with van der Waals surface area (Å²) in [5.74, 6) is 0. The number of carboxylic acid groups (broad SMARTS) is 1. The predicted molar refractivity (Wildman–Crippen MR) is 112 cm³/mol. The zero-order chi connectivity index (χ0) is 20.8. The van der Waals surface area contributed by atoms with Crippen LogP contribution in [0.2, 0.25) is 0 Å². The number of nitrogens with zero attached hydrogens (tertiary/aromatic N) is 5. The number of imidazole rings is 2. The van der Waals surface area contributed by atoms with E-state index in [1.807, 2.05) is 31.1 Å². The van der Waals surface area contributed by atoms with Gasteiger partial charge in [0.15, 0.2) is 0 Å². The van der Waals surface area contributed by atoms with E-state index in [4.69, 9.17) is 9.90 Å². The van der Waals surface area contributed by atoms with Crippen LogP contribution in [0.15, 0.2) is 43.4 Å². The van der Waals surface area contributed by atoms with E-state index in [2.05, 4.69) is 41.7 Å². The number of nitrogens with one attached hydrogen (secondary N) is 1. The molecule has 3 aromatic rings. The lowest BCUT2D eigenvalue weighted by Gasteiger charge is -2.35. The summed E-state index contributed by atoms with van der Waals surface area (Å²) in [4.78, 5) is 27.7. The Labute approximate surface area is 176 Å². The topological polar surface area (TPSA) is 99.9 Å². The van der Waals surface area contributed by atoms with Crippen molar-refractivity contribution in [3.05, 3.63) is 66.0 Å². The van der Waals surface area contributed by atoms with Gasteiger partial charge < -0.3 is 14.7 Å². The molecule has 2 N–H and O–H groups in total. The minimum absolute atomic E-state index is 0.142. The van der Waals surface area contributed by atoms with E-state index in [0.717, 1.165) is 25.2 Å². The van der Waals surface area contributed by atoms with E-state index in [1.165, 1.54) is 49.1 Å². The smallest absolute Gasteiger partial charge is 0.290 e. The Morgan fingerprint density at radius 3 is 2.80 bits per heavy atom. The number of aromatic nitrogens is 5. The molecule has 0 amide bonds. The van der Waals surface area contributed by atoms with Gasteiger partial charge in [-0.1, -0.05) is 25.3 Å². The monoisotopic (exact) mass is 408 g/mol. The van der Waals surface area contributed by atoms with Crippen molar-refractivity contribution in [3.63, 3.8) is 0 Å². The summed E-state index contributed by atoms with van der Waals surface area (Å²) in [6, 6.07) is 4.93. The summed E-state index contributed by atoms with van der Waals surface area (Å²) >= 11 is 0. The van der Waals surface area contributed by atoms with Gasteiger partial charge in [0.05, 0.1) is 30.1 Å². The van der Waals surface area contributed by atoms with Gasteiger partial charge in [-0.3, -0.25) is 14.7 Å². The molecule has 1 saturated carbocycles. The zero-order valence-corrected chi connectivity index (χ0v) is 17.0. The van der Waals surface area contributed by atoms with Crippen LogP contribution in [0.25, 0.3) is 0 Å². The van der Waals surface area contributed by atoms with Crippen molar-refractivity contribution in [3.8, 4) is 0 Å². The summed E-state index contributed by atoms with van der Waals surface area (Å²) in [7, 11) is 0. The van der Waals surface area contributed by atoms with Crippen LogP contribution >= 0.6 is 0 Å². The number of hydrogen-bond donors (Lipinski definition) is 2. The highest BCUT2D eigenvalue weighted by Gasteiger charge is 2.32. The second kappa shape index (κ2) is 9.67. The van der Waals surface area contributed by atoms with Crippen molar-refractivity contribution in [2.45, 2.75) is 57.2 Å². The average molecular weight is 409 g/mol. The lowest BCUT2D eigenvalue weighted by Crippen LogP contribution is -2.36. The van der Waals surface area contributed by atoms with Crippen molar-refractivity contribution in [2.24, 2.45) is 0 Å². The second-order valence-electron chi connectivity index (χ2n) is 7.87. The molecule has 0 spiro atoms. The summed E-state index contributed by atoms with van der Waals surface area (Å²) in [5, 5.41) is 6.89. The molecule has 30 heavy (non-hydrogen) atoms. The molecule has 2 aliphatic rings. The third-order valence-electron chi connectivity index (χ3n) is 6.10. The van der Waals surface area contributed by atoms with Crippen LogP contribution in [0.5, 0.6) is 0 Å². The SMILES string of the molecule is O=CO.c1cncc(C2c3nc[nH]c3CCN2Cc2cncn2C2CCCCC2)c1. The molecule has 1 aliphatic carbocycles. The van der Waals surface area contributed by atoms with E-state index in [9.17, 15) is 0 Å². The minimum atomic E-state index is -0.250. The number of rotatable bonds is 4. The lowest BCUT2D eigenvalue weighted by molar-refractivity contribution is -0.122. The molecule has 0 aromatic carbocycles. The van der Waals surface area contributed by atoms with Crippen molar-refractivity contribution in [2.75, 3.05) is 6.54 Å². The van der Waals surface area contributed by atoms with Gasteiger partial charge in [-0.25, -0.2) is 9.97 Å². The van der Waals surface area contributed by atoms with Gasteiger partial charge in [0.2, 0.25) is 0 Å². The van der Waals surface area contributed by atoms with Gasteiger partial charge in [-0.15, -0.1) is 0 Å². The molecule has 0 bridgehead atoms. The van der Waals surface area contributed by atoms with Gasteiger partial charge in [0.1, 0.15) is 0 Å². The normalized spacial score (nSPS) is 19.5. The number of hydrogen-bond acceptors (Lipinski definition) is 5. The zero-order valence-electron chi connectivity index (χ0n) is 17.0. The first kappa shape index (κ1) is 20.3. The Kier molecular flexibility index (Phi) is 6.53. The lowest BCUT2D eigenvalue weighted by atomic mass is 9.95. The quantitative estimate of drug-likeness (QED) is 0.642. The standard InChI is InChI=1S/C21H26N6.CH2O2/c1-2-6-17(7-3-1)27-15-23-12-18(27)13-26-10-8-19-20(25-14-24-19)21(26)16-5-4-9-22-11-16;2-1-3/h4-5,9,11-12,14-15,17,21H,1-3,6-8,10,13H2,(H,24,25);1H,(H,2,3). The van der Waals surface area contributed by atoms with E-state index >= 15 is 0 Å². The molecular formula is C22H28N6O2. The molecule has 0 radical (unpaired) electrons. The van der Waals surface area contributed by atoms with Gasteiger partial charge in [-0.2, -0.15) is 0 Å². The fraction of sp³-hybridized carbons (Fsp3) is 0.455. The minimum Gasteiger partial charge on any atom is -0.483 e. The molecule has 1 unspecified atom stereocenters. The molecule has 0 saturated heterocycles. The summed E-state index contributed by atoms with van der Waals surface area (Å²) in [6.45, 7) is 1.65. The number of H-pyrrole nitrogens is 1. The van der Waals surface area contributed by atoms with Crippen LogP contribution < -0.4 is 0 Å². The molecule has 5 rings (SSSR count). The van der Waals surface area contributed by atoms with Crippen molar-refractivity contribution < 1.29 is 9.90 Å².